The second-order valence-corrected chi connectivity index (χ2v) is 6.66. The molecule has 1 fully saturated rings. The van der Waals surface area contributed by atoms with Gasteiger partial charge in [-0.3, -0.25) is 4.90 Å². The van der Waals surface area contributed by atoms with Gasteiger partial charge in [-0.2, -0.15) is 0 Å². The second-order valence-electron chi connectivity index (χ2n) is 6.66. The van der Waals surface area contributed by atoms with Crippen LogP contribution in [0.2, 0.25) is 0 Å². The van der Waals surface area contributed by atoms with Gasteiger partial charge in [0.1, 0.15) is 0 Å². The lowest BCUT2D eigenvalue weighted by Gasteiger charge is -2.47. The first-order valence-electron chi connectivity index (χ1n) is 6.93. The van der Waals surface area contributed by atoms with Gasteiger partial charge in [0.15, 0.2) is 0 Å². The standard InChI is InChI=1S/C16H25NO2/c1-15(2,3)17(9-14-7-5-4-6-8-14)10-16(11-18)12-19-13-16/h4-8,18H,9-13H2,1-3H3. The summed E-state index contributed by atoms with van der Waals surface area (Å²) < 4.78 is 5.31. The number of aliphatic hydroxyl groups excluding tert-OH is 1. The van der Waals surface area contributed by atoms with E-state index in [1.54, 1.807) is 0 Å². The molecule has 3 heteroatoms. The monoisotopic (exact) mass is 263 g/mol. The number of benzene rings is 1. The predicted octanol–water partition coefficient (Wildman–Crippen LogP) is 2.30. The molecular weight excluding hydrogens is 238 g/mol. The molecule has 0 radical (unpaired) electrons. The Morgan fingerprint density at radius 3 is 2.26 bits per heavy atom. The van der Waals surface area contributed by atoms with Crippen molar-refractivity contribution in [3.63, 3.8) is 0 Å². The van der Waals surface area contributed by atoms with E-state index in [1.807, 2.05) is 6.07 Å². The lowest BCUT2D eigenvalue weighted by atomic mass is 9.84. The number of rotatable bonds is 5. The highest BCUT2D eigenvalue weighted by atomic mass is 16.5. The van der Waals surface area contributed by atoms with Crippen LogP contribution in [0.25, 0.3) is 0 Å². The van der Waals surface area contributed by atoms with E-state index >= 15 is 0 Å². The molecule has 2 rings (SSSR count). The molecule has 1 heterocycles. The second kappa shape index (κ2) is 5.61. The molecule has 19 heavy (non-hydrogen) atoms. The minimum absolute atomic E-state index is 0.0674. The van der Waals surface area contributed by atoms with Crippen molar-refractivity contribution in [2.45, 2.75) is 32.9 Å². The summed E-state index contributed by atoms with van der Waals surface area (Å²) in [6.07, 6.45) is 0. The molecule has 1 N–H and O–H groups in total. The zero-order valence-corrected chi connectivity index (χ0v) is 12.2. The normalized spacial score (nSPS) is 18.4. The fourth-order valence-corrected chi connectivity index (χ4v) is 2.36. The van der Waals surface area contributed by atoms with E-state index < -0.39 is 0 Å². The molecule has 1 aromatic carbocycles. The molecule has 0 bridgehead atoms. The molecule has 0 atom stereocenters. The van der Waals surface area contributed by atoms with Crippen LogP contribution >= 0.6 is 0 Å². The molecule has 1 saturated heterocycles. The molecule has 106 valence electrons. The summed E-state index contributed by atoms with van der Waals surface area (Å²) in [5, 5.41) is 9.61. The average Bonchev–Trinajstić information content (AvgIpc) is 2.32. The Hall–Kier alpha value is -0.900. The number of ether oxygens (including phenoxy) is 1. The number of hydrogen-bond donors (Lipinski definition) is 1. The molecule has 1 aromatic rings. The van der Waals surface area contributed by atoms with Crippen LogP contribution in [0.15, 0.2) is 30.3 Å². The highest BCUT2D eigenvalue weighted by Gasteiger charge is 2.41. The summed E-state index contributed by atoms with van der Waals surface area (Å²) in [6.45, 7) is 10.00. The summed E-state index contributed by atoms with van der Waals surface area (Å²) >= 11 is 0. The Balaban J connectivity index is 2.08. The number of hydrogen-bond acceptors (Lipinski definition) is 3. The third-order valence-electron chi connectivity index (χ3n) is 3.84. The maximum atomic E-state index is 9.61. The first-order valence-corrected chi connectivity index (χ1v) is 6.93. The lowest BCUT2D eigenvalue weighted by Crippen LogP contribution is -2.56. The first-order chi connectivity index (χ1) is 8.95. The molecule has 1 aliphatic heterocycles. The van der Waals surface area contributed by atoms with Crippen molar-refractivity contribution in [3.8, 4) is 0 Å². The highest BCUT2D eigenvalue weighted by Crippen LogP contribution is 2.31. The van der Waals surface area contributed by atoms with Crippen LogP contribution in [0.5, 0.6) is 0 Å². The molecule has 0 unspecified atom stereocenters. The van der Waals surface area contributed by atoms with Crippen LogP contribution in [0, 0.1) is 5.41 Å². The first kappa shape index (κ1) is 14.5. The van der Waals surface area contributed by atoms with Gasteiger partial charge < -0.3 is 9.84 Å². The maximum absolute atomic E-state index is 9.61. The van der Waals surface area contributed by atoms with Crippen molar-refractivity contribution < 1.29 is 9.84 Å². The van der Waals surface area contributed by atoms with Crippen molar-refractivity contribution in [1.82, 2.24) is 4.90 Å². The SMILES string of the molecule is CC(C)(C)N(Cc1ccccc1)CC1(CO)COC1. The van der Waals surface area contributed by atoms with Gasteiger partial charge in [0.2, 0.25) is 0 Å². The zero-order valence-electron chi connectivity index (χ0n) is 12.2. The van der Waals surface area contributed by atoms with E-state index in [0.29, 0.717) is 13.2 Å². The smallest absolute Gasteiger partial charge is 0.0579 e. The van der Waals surface area contributed by atoms with E-state index in [-0.39, 0.29) is 17.6 Å². The van der Waals surface area contributed by atoms with Gasteiger partial charge in [-0.1, -0.05) is 30.3 Å². The summed E-state index contributed by atoms with van der Waals surface area (Å²) in [7, 11) is 0. The Morgan fingerprint density at radius 1 is 1.21 bits per heavy atom. The highest BCUT2D eigenvalue weighted by molar-refractivity contribution is 5.15. The third-order valence-corrected chi connectivity index (χ3v) is 3.84. The van der Waals surface area contributed by atoms with Crippen molar-refractivity contribution in [2.75, 3.05) is 26.4 Å². The fraction of sp³-hybridized carbons (Fsp3) is 0.625. The minimum atomic E-state index is -0.0674. The topological polar surface area (TPSA) is 32.7 Å². The van der Waals surface area contributed by atoms with Crippen LogP contribution in [-0.4, -0.2) is 41.9 Å². The van der Waals surface area contributed by atoms with Crippen molar-refractivity contribution in [2.24, 2.45) is 5.41 Å². The van der Waals surface area contributed by atoms with E-state index in [1.165, 1.54) is 5.56 Å². The van der Waals surface area contributed by atoms with Gasteiger partial charge in [0.25, 0.3) is 0 Å². The molecule has 0 saturated carbocycles. The fourth-order valence-electron chi connectivity index (χ4n) is 2.36. The quantitative estimate of drug-likeness (QED) is 0.885. The number of nitrogens with zero attached hydrogens (tertiary/aromatic N) is 1. The number of aliphatic hydroxyl groups is 1. The van der Waals surface area contributed by atoms with Crippen LogP contribution in [0.1, 0.15) is 26.3 Å². The predicted molar refractivity (Wildman–Crippen MR) is 76.9 cm³/mol. The third kappa shape index (κ3) is 3.56. The lowest BCUT2D eigenvalue weighted by molar-refractivity contribution is -0.156. The molecule has 0 aromatic heterocycles. The van der Waals surface area contributed by atoms with E-state index in [4.69, 9.17) is 4.74 Å². The molecule has 3 nitrogen and oxygen atoms in total. The molecule has 1 aliphatic rings. The summed E-state index contributed by atoms with van der Waals surface area (Å²) in [6, 6.07) is 10.5. The zero-order chi connectivity index (χ0) is 13.9. The van der Waals surface area contributed by atoms with Crippen LogP contribution < -0.4 is 0 Å². The summed E-state index contributed by atoms with van der Waals surface area (Å²) in [4.78, 5) is 2.43. The summed E-state index contributed by atoms with van der Waals surface area (Å²) in [5.74, 6) is 0. The molecule has 0 aliphatic carbocycles. The van der Waals surface area contributed by atoms with Crippen molar-refractivity contribution >= 4 is 0 Å². The molecule has 0 amide bonds. The Kier molecular flexibility index (Phi) is 4.29. The van der Waals surface area contributed by atoms with Crippen molar-refractivity contribution in [1.29, 1.82) is 0 Å². The Labute approximate surface area is 116 Å². The largest absolute Gasteiger partial charge is 0.396 e. The van der Waals surface area contributed by atoms with Gasteiger partial charge in [-0.15, -0.1) is 0 Å². The minimum Gasteiger partial charge on any atom is -0.396 e. The summed E-state index contributed by atoms with van der Waals surface area (Å²) in [5.41, 5.74) is 1.32. The van der Waals surface area contributed by atoms with E-state index in [9.17, 15) is 5.11 Å². The average molecular weight is 263 g/mol. The maximum Gasteiger partial charge on any atom is 0.0579 e. The molecular formula is C16H25NO2. The Bertz CT molecular complexity index is 387. The van der Waals surface area contributed by atoms with Crippen molar-refractivity contribution in [3.05, 3.63) is 35.9 Å². The van der Waals surface area contributed by atoms with E-state index in [0.717, 1.165) is 13.1 Å². The van der Waals surface area contributed by atoms with Gasteiger partial charge in [0.05, 0.1) is 25.2 Å². The van der Waals surface area contributed by atoms with Gasteiger partial charge >= 0.3 is 0 Å². The van der Waals surface area contributed by atoms with Crippen LogP contribution in [-0.2, 0) is 11.3 Å². The molecule has 0 spiro atoms. The van der Waals surface area contributed by atoms with Gasteiger partial charge in [0, 0.05) is 18.6 Å². The van der Waals surface area contributed by atoms with E-state index in [2.05, 4.69) is 49.9 Å². The Morgan fingerprint density at radius 2 is 1.84 bits per heavy atom. The van der Waals surface area contributed by atoms with Crippen LogP contribution in [0.3, 0.4) is 0 Å². The van der Waals surface area contributed by atoms with Crippen LogP contribution in [0.4, 0.5) is 0 Å². The van der Waals surface area contributed by atoms with Gasteiger partial charge in [-0.05, 0) is 26.3 Å². The van der Waals surface area contributed by atoms with Gasteiger partial charge in [-0.25, -0.2) is 0 Å².